The van der Waals surface area contributed by atoms with Crippen LogP contribution in [0, 0.1) is 0 Å². The van der Waals surface area contributed by atoms with Crippen molar-refractivity contribution in [3.8, 4) is 22.3 Å². The van der Waals surface area contributed by atoms with E-state index in [-0.39, 0.29) is 28.6 Å². The van der Waals surface area contributed by atoms with Crippen LogP contribution < -0.4 is 25.5 Å². The molecule has 1 fully saturated rings. The van der Waals surface area contributed by atoms with Gasteiger partial charge in [-0.3, -0.25) is 0 Å². The molecule has 5 heteroatoms. The number of anilines is 7. The maximum Gasteiger partial charge on any atom is 0.328 e. The van der Waals surface area contributed by atoms with Crippen molar-refractivity contribution in [3.05, 3.63) is 187 Å². The summed E-state index contributed by atoms with van der Waals surface area (Å²) < 4.78 is 2.65. The second-order valence-electron chi connectivity index (χ2n) is 22.8. The van der Waals surface area contributed by atoms with Gasteiger partial charge in [0.2, 0.25) is 0 Å². The maximum absolute atomic E-state index is 3.00. The molecule has 340 valence electrons. The van der Waals surface area contributed by atoms with Crippen LogP contribution in [0.3, 0.4) is 0 Å². The fourth-order valence-corrected chi connectivity index (χ4v) is 14.2. The molecule has 3 nitrogen and oxygen atoms in total. The van der Waals surface area contributed by atoms with Gasteiger partial charge in [-0.25, -0.2) is 0 Å². The van der Waals surface area contributed by atoms with E-state index in [0.717, 1.165) is 23.5 Å². The maximum atomic E-state index is 3.00. The number of hydrogen-bond donors (Lipinski definition) is 0. The molecule has 4 heterocycles. The summed E-state index contributed by atoms with van der Waals surface area (Å²) in [7, 11) is 0. The standard InChI is InChI=1S/C64H60BN3S/c1-61(2,3)42-30-32-53(48(36-42)41-22-12-9-13-23-41)67-54-40-46(66(44-24-14-10-15-25-44)45-26-16-11-17-27-45)39-49-50-37-43(62(4,5)6)38-51-59(50)68(64(8)35-21-20-34-63(51,64)7)65(58(49)54)52-31-33-56-57(60(52)67)47-28-18-19-29-55(47)69-56/h9-19,22-33,36-40H,20-21,34-35H2,1-8H3. The van der Waals surface area contributed by atoms with Crippen molar-refractivity contribution < 1.29 is 0 Å². The quantitative estimate of drug-likeness (QED) is 0.159. The van der Waals surface area contributed by atoms with Gasteiger partial charge in [-0.2, -0.15) is 0 Å². The Morgan fingerprint density at radius 2 is 1.17 bits per heavy atom. The Hall–Kier alpha value is -6.56. The lowest BCUT2D eigenvalue weighted by atomic mass is 9.42. The predicted octanol–water partition coefficient (Wildman–Crippen LogP) is 16.8. The van der Waals surface area contributed by atoms with Gasteiger partial charge in [-0.1, -0.05) is 164 Å². The van der Waals surface area contributed by atoms with Gasteiger partial charge in [0.1, 0.15) is 0 Å². The summed E-state index contributed by atoms with van der Waals surface area (Å²) in [5.74, 6) is 0. The van der Waals surface area contributed by atoms with E-state index in [9.17, 15) is 0 Å². The van der Waals surface area contributed by atoms with Crippen LogP contribution in [0.25, 0.3) is 42.4 Å². The van der Waals surface area contributed by atoms with Crippen molar-refractivity contribution >= 4 is 89.1 Å². The first-order chi connectivity index (χ1) is 33.2. The Morgan fingerprint density at radius 1 is 0.536 bits per heavy atom. The zero-order chi connectivity index (χ0) is 47.2. The van der Waals surface area contributed by atoms with Crippen LogP contribution in [-0.2, 0) is 16.2 Å². The van der Waals surface area contributed by atoms with E-state index in [1.807, 2.05) is 11.3 Å². The fourth-order valence-electron chi connectivity index (χ4n) is 13.1. The number of para-hydroxylation sites is 2. The monoisotopic (exact) mass is 913 g/mol. The molecule has 0 N–H and O–H groups in total. The molecule has 0 bridgehead atoms. The zero-order valence-corrected chi connectivity index (χ0v) is 42.1. The Kier molecular flexibility index (Phi) is 9.23. The smallest absolute Gasteiger partial charge is 0.328 e. The highest BCUT2D eigenvalue weighted by Gasteiger charge is 2.63. The molecule has 2 atom stereocenters. The van der Waals surface area contributed by atoms with Crippen LogP contribution in [0.1, 0.15) is 97.8 Å². The molecule has 1 aromatic heterocycles. The first-order valence-electron chi connectivity index (χ1n) is 25.3. The number of hydrogen-bond acceptors (Lipinski definition) is 4. The molecule has 0 spiro atoms. The minimum Gasteiger partial charge on any atom is -0.400 e. The van der Waals surface area contributed by atoms with E-state index in [2.05, 4.69) is 240 Å². The van der Waals surface area contributed by atoms with Crippen LogP contribution in [0.2, 0.25) is 0 Å². The lowest BCUT2D eigenvalue weighted by Crippen LogP contribution is -2.70. The first kappa shape index (κ1) is 42.5. The molecule has 1 aliphatic carbocycles. The van der Waals surface area contributed by atoms with Gasteiger partial charge in [0, 0.05) is 70.7 Å². The highest BCUT2D eigenvalue weighted by molar-refractivity contribution is 7.26. The predicted molar refractivity (Wildman–Crippen MR) is 299 cm³/mol. The first-order valence-corrected chi connectivity index (χ1v) is 26.1. The molecule has 3 aliphatic heterocycles. The van der Waals surface area contributed by atoms with Crippen molar-refractivity contribution in [1.29, 1.82) is 0 Å². The lowest BCUT2D eigenvalue weighted by Gasteiger charge is -2.55. The third-order valence-corrected chi connectivity index (χ3v) is 18.0. The molecule has 8 aromatic carbocycles. The minimum atomic E-state index is -0.105. The van der Waals surface area contributed by atoms with Crippen molar-refractivity contribution in [3.63, 3.8) is 0 Å². The number of benzene rings is 8. The molecule has 2 unspecified atom stereocenters. The Labute approximate surface area is 413 Å². The summed E-state index contributed by atoms with van der Waals surface area (Å²) in [6.07, 6.45) is 4.83. The Bertz CT molecular complexity index is 3490. The molecular weight excluding hydrogens is 854 g/mol. The van der Waals surface area contributed by atoms with E-state index in [0.29, 0.717) is 0 Å². The van der Waals surface area contributed by atoms with Gasteiger partial charge in [-0.15, -0.1) is 11.3 Å². The molecule has 9 aromatic rings. The topological polar surface area (TPSA) is 9.72 Å². The van der Waals surface area contributed by atoms with E-state index < -0.39 is 0 Å². The van der Waals surface area contributed by atoms with Crippen molar-refractivity contribution in [2.45, 2.75) is 103 Å². The van der Waals surface area contributed by atoms with E-state index in [1.165, 1.54) is 106 Å². The SMILES string of the molecule is CC(C)(C)c1ccc(N2c3cc(N(c4ccccc4)c4ccccc4)cc4c3B(c3ccc5sc6ccccc6c5c32)N2c3c-4cc(C(C)(C)C)cc3C3(C)CCCCC23C)c(-c2ccccc2)c1. The van der Waals surface area contributed by atoms with Crippen LogP contribution >= 0.6 is 11.3 Å². The van der Waals surface area contributed by atoms with E-state index in [4.69, 9.17) is 0 Å². The average Bonchev–Trinajstić information content (AvgIpc) is 3.83. The van der Waals surface area contributed by atoms with E-state index >= 15 is 0 Å². The third kappa shape index (κ3) is 6.11. The van der Waals surface area contributed by atoms with Gasteiger partial charge in [0.15, 0.2) is 0 Å². The van der Waals surface area contributed by atoms with Gasteiger partial charge in [0.25, 0.3) is 0 Å². The highest BCUT2D eigenvalue weighted by Crippen LogP contribution is 2.64. The lowest BCUT2D eigenvalue weighted by molar-refractivity contribution is 0.199. The van der Waals surface area contributed by atoms with Gasteiger partial charge in [0.05, 0.1) is 11.4 Å². The summed E-state index contributed by atoms with van der Waals surface area (Å²) in [5.41, 5.74) is 20.7. The van der Waals surface area contributed by atoms with Crippen molar-refractivity contribution in [2.24, 2.45) is 0 Å². The summed E-state index contributed by atoms with van der Waals surface area (Å²) in [6.45, 7) is 19.5. The summed E-state index contributed by atoms with van der Waals surface area (Å²) in [6, 6.07) is 65.0. The molecule has 0 radical (unpaired) electrons. The van der Waals surface area contributed by atoms with Crippen LogP contribution in [0.5, 0.6) is 0 Å². The Balaban J connectivity index is 1.24. The molecule has 4 aliphatic rings. The molecule has 0 saturated heterocycles. The van der Waals surface area contributed by atoms with Crippen LogP contribution in [0.15, 0.2) is 170 Å². The summed E-state index contributed by atoms with van der Waals surface area (Å²) in [5, 5.41) is 2.67. The zero-order valence-electron chi connectivity index (χ0n) is 41.3. The summed E-state index contributed by atoms with van der Waals surface area (Å²) in [4.78, 5) is 8.22. The Morgan fingerprint density at radius 3 is 1.87 bits per heavy atom. The van der Waals surface area contributed by atoms with Gasteiger partial charge in [-0.05, 0) is 136 Å². The number of thiophene rings is 1. The van der Waals surface area contributed by atoms with Crippen LogP contribution in [-0.4, -0.2) is 12.4 Å². The summed E-state index contributed by atoms with van der Waals surface area (Å²) >= 11 is 1.93. The van der Waals surface area contributed by atoms with Crippen molar-refractivity contribution in [2.75, 3.05) is 14.6 Å². The molecular formula is C64H60BN3S. The molecule has 69 heavy (non-hydrogen) atoms. The number of fused-ring (bicyclic) bond motifs is 11. The fraction of sp³-hybridized carbons (Fsp3) is 0.250. The second-order valence-corrected chi connectivity index (χ2v) is 23.9. The van der Waals surface area contributed by atoms with Crippen LogP contribution in [0.4, 0.5) is 39.8 Å². The highest BCUT2D eigenvalue weighted by atomic mass is 32.1. The van der Waals surface area contributed by atoms with Crippen molar-refractivity contribution in [1.82, 2.24) is 0 Å². The van der Waals surface area contributed by atoms with Gasteiger partial charge < -0.3 is 14.6 Å². The molecule has 1 saturated carbocycles. The second kappa shape index (κ2) is 15.0. The normalized spacial score (nSPS) is 19.1. The largest absolute Gasteiger partial charge is 0.400 e. The minimum absolute atomic E-state index is 0.00838. The number of nitrogens with zero attached hydrogens (tertiary/aromatic N) is 3. The van der Waals surface area contributed by atoms with E-state index in [1.54, 1.807) is 5.56 Å². The van der Waals surface area contributed by atoms with Gasteiger partial charge >= 0.3 is 6.85 Å². The molecule has 13 rings (SSSR count). The number of rotatable bonds is 5. The molecule has 0 amide bonds. The third-order valence-electron chi connectivity index (χ3n) is 16.9. The average molecular weight is 914 g/mol.